The molecular formula is C15H13ClF4N2O. The zero-order chi connectivity index (χ0) is 16.0. The van der Waals surface area contributed by atoms with Crippen LogP contribution in [-0.2, 0) is 11.7 Å². The van der Waals surface area contributed by atoms with Crippen molar-refractivity contribution in [2.24, 2.45) is 5.73 Å². The number of nitrogens with zero attached hydrogens (tertiary/aromatic N) is 1. The van der Waals surface area contributed by atoms with Crippen LogP contribution in [0.15, 0.2) is 36.5 Å². The highest BCUT2D eigenvalue weighted by Crippen LogP contribution is 2.40. The van der Waals surface area contributed by atoms with E-state index in [9.17, 15) is 17.6 Å². The molecular weight excluding hydrogens is 336 g/mol. The summed E-state index contributed by atoms with van der Waals surface area (Å²) >= 11 is 0. The van der Waals surface area contributed by atoms with Gasteiger partial charge in [-0.1, -0.05) is 6.07 Å². The van der Waals surface area contributed by atoms with Gasteiger partial charge in [0.15, 0.2) is 0 Å². The third-order valence-corrected chi connectivity index (χ3v) is 3.73. The van der Waals surface area contributed by atoms with E-state index in [0.29, 0.717) is 11.4 Å². The van der Waals surface area contributed by atoms with Crippen LogP contribution in [0.3, 0.4) is 0 Å². The zero-order valence-electron chi connectivity index (χ0n) is 11.7. The number of alkyl halides is 3. The van der Waals surface area contributed by atoms with Crippen LogP contribution < -0.4 is 10.5 Å². The molecule has 0 bridgehead atoms. The Labute approximate surface area is 135 Å². The van der Waals surface area contributed by atoms with E-state index in [0.717, 1.165) is 12.1 Å². The molecule has 0 saturated carbocycles. The zero-order valence-corrected chi connectivity index (χ0v) is 12.5. The summed E-state index contributed by atoms with van der Waals surface area (Å²) in [7, 11) is 0. The number of rotatable bonds is 1. The standard InChI is InChI=1S/C15H12F4N2O.ClH/c16-11-4-3-9(8-10(11)15(17,18)19)14(20)5-7-22-12-2-1-6-21-13(12)14;/h1-4,6,8H,5,7,20H2;1H. The molecule has 1 aromatic carbocycles. The predicted octanol–water partition coefficient (Wildman–Crippen LogP) is 3.65. The van der Waals surface area contributed by atoms with E-state index in [1.165, 1.54) is 12.3 Å². The lowest BCUT2D eigenvalue weighted by Gasteiger charge is -2.35. The second-order valence-corrected chi connectivity index (χ2v) is 5.11. The molecule has 0 fully saturated rings. The third-order valence-electron chi connectivity index (χ3n) is 3.73. The smallest absolute Gasteiger partial charge is 0.419 e. The second-order valence-electron chi connectivity index (χ2n) is 5.11. The molecule has 1 aromatic heterocycles. The van der Waals surface area contributed by atoms with Crippen molar-refractivity contribution in [1.29, 1.82) is 0 Å². The molecule has 0 spiro atoms. The van der Waals surface area contributed by atoms with Crippen LogP contribution in [0.5, 0.6) is 5.75 Å². The summed E-state index contributed by atoms with van der Waals surface area (Å²) in [4.78, 5) is 4.14. The van der Waals surface area contributed by atoms with Crippen molar-refractivity contribution in [1.82, 2.24) is 4.98 Å². The minimum atomic E-state index is -4.78. The van der Waals surface area contributed by atoms with Crippen molar-refractivity contribution in [2.45, 2.75) is 18.1 Å². The van der Waals surface area contributed by atoms with Crippen LogP contribution in [0.1, 0.15) is 23.2 Å². The number of pyridine rings is 1. The first-order valence-electron chi connectivity index (χ1n) is 6.57. The van der Waals surface area contributed by atoms with E-state index in [2.05, 4.69) is 4.98 Å². The number of fused-ring (bicyclic) bond motifs is 1. The van der Waals surface area contributed by atoms with Gasteiger partial charge in [0.2, 0.25) is 0 Å². The number of hydrogen-bond acceptors (Lipinski definition) is 3. The lowest BCUT2D eigenvalue weighted by Crippen LogP contribution is -2.43. The summed E-state index contributed by atoms with van der Waals surface area (Å²) in [5.41, 5.74) is 4.25. The van der Waals surface area contributed by atoms with Gasteiger partial charge in [0.05, 0.1) is 17.7 Å². The lowest BCUT2D eigenvalue weighted by atomic mass is 9.82. The molecule has 0 amide bonds. The normalized spacial score (nSPS) is 20.2. The highest BCUT2D eigenvalue weighted by atomic mass is 35.5. The van der Waals surface area contributed by atoms with E-state index in [1.807, 2.05) is 0 Å². The highest BCUT2D eigenvalue weighted by Gasteiger charge is 2.40. The molecule has 1 atom stereocenters. The fraction of sp³-hybridized carbons (Fsp3) is 0.267. The molecule has 0 aliphatic carbocycles. The Morgan fingerprint density at radius 1 is 1.22 bits per heavy atom. The number of ether oxygens (including phenoxy) is 1. The molecule has 3 rings (SSSR count). The molecule has 2 heterocycles. The molecule has 23 heavy (non-hydrogen) atoms. The third kappa shape index (κ3) is 2.98. The van der Waals surface area contributed by atoms with Crippen LogP contribution in [0.25, 0.3) is 0 Å². The van der Waals surface area contributed by atoms with E-state index in [-0.39, 0.29) is 31.0 Å². The predicted molar refractivity (Wildman–Crippen MR) is 78.0 cm³/mol. The maximum Gasteiger partial charge on any atom is 0.419 e. The van der Waals surface area contributed by atoms with Gasteiger partial charge in [0.1, 0.15) is 17.3 Å². The van der Waals surface area contributed by atoms with Gasteiger partial charge in [0, 0.05) is 12.6 Å². The summed E-state index contributed by atoms with van der Waals surface area (Å²) < 4.78 is 57.6. The van der Waals surface area contributed by atoms with E-state index < -0.39 is 23.1 Å². The lowest BCUT2D eigenvalue weighted by molar-refractivity contribution is -0.140. The summed E-state index contributed by atoms with van der Waals surface area (Å²) in [5.74, 6) is -0.901. The summed E-state index contributed by atoms with van der Waals surface area (Å²) in [6.07, 6.45) is -3.04. The van der Waals surface area contributed by atoms with Crippen LogP contribution in [0, 0.1) is 5.82 Å². The first-order chi connectivity index (χ1) is 10.3. The molecule has 0 radical (unpaired) electrons. The summed E-state index contributed by atoms with van der Waals surface area (Å²) in [6, 6.07) is 6.09. The van der Waals surface area contributed by atoms with Crippen LogP contribution in [0.4, 0.5) is 17.6 Å². The first-order valence-corrected chi connectivity index (χ1v) is 6.57. The topological polar surface area (TPSA) is 48.1 Å². The Bertz CT molecular complexity index is 723. The molecule has 1 aliphatic heterocycles. The fourth-order valence-electron chi connectivity index (χ4n) is 2.58. The van der Waals surface area contributed by atoms with Gasteiger partial charge >= 0.3 is 6.18 Å². The van der Waals surface area contributed by atoms with Gasteiger partial charge in [-0.05, 0) is 29.8 Å². The Morgan fingerprint density at radius 3 is 2.65 bits per heavy atom. The second kappa shape index (κ2) is 5.98. The molecule has 0 saturated heterocycles. The quantitative estimate of drug-likeness (QED) is 0.800. The number of halogens is 5. The maximum atomic E-state index is 13.5. The molecule has 2 N–H and O–H groups in total. The number of hydrogen-bond donors (Lipinski definition) is 1. The van der Waals surface area contributed by atoms with Gasteiger partial charge in [-0.3, -0.25) is 4.98 Å². The number of aromatic nitrogens is 1. The average Bonchev–Trinajstić information content (AvgIpc) is 2.47. The largest absolute Gasteiger partial charge is 0.491 e. The number of nitrogens with two attached hydrogens (primary N) is 1. The van der Waals surface area contributed by atoms with Crippen molar-refractivity contribution in [2.75, 3.05) is 6.61 Å². The van der Waals surface area contributed by atoms with Crippen molar-refractivity contribution in [3.05, 3.63) is 59.2 Å². The van der Waals surface area contributed by atoms with Crippen molar-refractivity contribution < 1.29 is 22.3 Å². The van der Waals surface area contributed by atoms with Crippen LogP contribution in [-0.4, -0.2) is 11.6 Å². The van der Waals surface area contributed by atoms with Crippen molar-refractivity contribution in [3.63, 3.8) is 0 Å². The van der Waals surface area contributed by atoms with E-state index >= 15 is 0 Å². The molecule has 1 aliphatic rings. The minimum Gasteiger partial charge on any atom is -0.491 e. The summed E-state index contributed by atoms with van der Waals surface area (Å²) in [6.45, 7) is 0.244. The van der Waals surface area contributed by atoms with Gasteiger partial charge < -0.3 is 10.5 Å². The maximum absolute atomic E-state index is 13.5. The molecule has 2 aromatic rings. The Hall–Kier alpha value is -1.86. The Morgan fingerprint density at radius 2 is 1.96 bits per heavy atom. The van der Waals surface area contributed by atoms with Crippen LogP contribution >= 0.6 is 12.4 Å². The first kappa shape index (κ1) is 17.5. The number of benzene rings is 1. The highest BCUT2D eigenvalue weighted by molar-refractivity contribution is 5.85. The SMILES string of the molecule is Cl.NC1(c2ccc(F)c(C(F)(F)F)c2)CCOc2cccnc21. The summed E-state index contributed by atoms with van der Waals surface area (Å²) in [5, 5.41) is 0. The average molecular weight is 349 g/mol. The van der Waals surface area contributed by atoms with Gasteiger partial charge in [-0.2, -0.15) is 13.2 Å². The van der Waals surface area contributed by atoms with E-state index in [1.54, 1.807) is 12.1 Å². The van der Waals surface area contributed by atoms with Gasteiger partial charge in [0.25, 0.3) is 0 Å². The minimum absolute atomic E-state index is 0. The van der Waals surface area contributed by atoms with Gasteiger partial charge in [-0.15, -0.1) is 12.4 Å². The molecule has 8 heteroatoms. The van der Waals surface area contributed by atoms with Crippen molar-refractivity contribution >= 4 is 12.4 Å². The molecule has 1 unspecified atom stereocenters. The van der Waals surface area contributed by atoms with E-state index in [4.69, 9.17) is 10.5 Å². The van der Waals surface area contributed by atoms with Crippen LogP contribution in [0.2, 0.25) is 0 Å². The molecule has 3 nitrogen and oxygen atoms in total. The van der Waals surface area contributed by atoms with Gasteiger partial charge in [-0.25, -0.2) is 4.39 Å². The Balaban J connectivity index is 0.00000192. The monoisotopic (exact) mass is 348 g/mol. The van der Waals surface area contributed by atoms with Crippen molar-refractivity contribution in [3.8, 4) is 5.75 Å². The molecule has 124 valence electrons. The Kier molecular flexibility index (Phi) is 4.54. The fourth-order valence-corrected chi connectivity index (χ4v) is 2.58.